The molecule has 2 nitrogen and oxygen atoms in total. The lowest BCUT2D eigenvalue weighted by Gasteiger charge is -2.13. The minimum atomic E-state index is -0.194. The Bertz CT molecular complexity index is 601. The van der Waals surface area contributed by atoms with Crippen LogP contribution in [0.2, 0.25) is 5.02 Å². The van der Waals surface area contributed by atoms with Crippen LogP contribution in [0.1, 0.15) is 18.1 Å². The Labute approximate surface area is 123 Å². The molecule has 2 rings (SSSR count). The summed E-state index contributed by atoms with van der Waals surface area (Å²) < 4.78 is 19.0. The number of nitrogens with one attached hydrogen (secondary N) is 1. The van der Waals surface area contributed by atoms with Crippen molar-refractivity contribution in [2.75, 3.05) is 11.9 Å². The van der Waals surface area contributed by atoms with E-state index in [0.29, 0.717) is 23.7 Å². The van der Waals surface area contributed by atoms with Crippen molar-refractivity contribution >= 4 is 17.3 Å². The number of hydrogen-bond donors (Lipinski definition) is 1. The predicted octanol–water partition coefficient (Wildman–Crippen LogP) is 4.80. The molecule has 0 radical (unpaired) electrons. The second-order valence-corrected chi connectivity index (χ2v) is 4.95. The first-order chi connectivity index (χ1) is 9.60. The maximum Gasteiger partial charge on any atom is 0.142 e. The maximum absolute atomic E-state index is 13.5. The fourth-order valence-corrected chi connectivity index (χ4v) is 2.04. The van der Waals surface area contributed by atoms with E-state index >= 15 is 0 Å². The Hall–Kier alpha value is -1.74. The van der Waals surface area contributed by atoms with E-state index in [2.05, 4.69) is 5.32 Å². The van der Waals surface area contributed by atoms with Crippen molar-refractivity contribution < 1.29 is 9.13 Å². The molecule has 4 heteroatoms. The molecule has 106 valence electrons. The highest BCUT2D eigenvalue weighted by Crippen LogP contribution is 2.28. The second-order valence-electron chi connectivity index (χ2n) is 4.51. The number of ether oxygens (including phenoxy) is 1. The monoisotopic (exact) mass is 293 g/mol. The molecule has 0 amide bonds. The van der Waals surface area contributed by atoms with E-state index in [9.17, 15) is 4.39 Å². The molecular formula is C16H17ClFNO. The lowest BCUT2D eigenvalue weighted by Crippen LogP contribution is -2.03. The third-order valence-corrected chi connectivity index (χ3v) is 3.20. The number of benzene rings is 2. The number of anilines is 1. The van der Waals surface area contributed by atoms with Crippen LogP contribution < -0.4 is 10.1 Å². The van der Waals surface area contributed by atoms with Crippen molar-refractivity contribution in [1.29, 1.82) is 0 Å². The standard InChI is InChI=1S/C16H17ClFNO/c1-3-20-16-7-6-13(17)9-15(16)19-10-12-5-4-11(2)14(18)8-12/h4-9,19H,3,10H2,1-2H3. The van der Waals surface area contributed by atoms with E-state index in [1.54, 1.807) is 25.1 Å². The highest BCUT2D eigenvalue weighted by atomic mass is 35.5. The fraction of sp³-hybridized carbons (Fsp3) is 0.250. The van der Waals surface area contributed by atoms with Crippen LogP contribution in [0.5, 0.6) is 5.75 Å². The van der Waals surface area contributed by atoms with E-state index in [1.165, 1.54) is 6.07 Å². The minimum absolute atomic E-state index is 0.194. The van der Waals surface area contributed by atoms with Gasteiger partial charge in [0.05, 0.1) is 12.3 Å². The highest BCUT2D eigenvalue weighted by molar-refractivity contribution is 6.30. The third kappa shape index (κ3) is 3.64. The maximum atomic E-state index is 13.5. The Morgan fingerprint density at radius 1 is 1.20 bits per heavy atom. The molecular weight excluding hydrogens is 277 g/mol. The lowest BCUT2D eigenvalue weighted by molar-refractivity contribution is 0.341. The normalized spacial score (nSPS) is 10.4. The Kier molecular flexibility index (Phi) is 4.85. The van der Waals surface area contributed by atoms with Crippen LogP contribution in [-0.4, -0.2) is 6.61 Å². The lowest BCUT2D eigenvalue weighted by atomic mass is 10.1. The third-order valence-electron chi connectivity index (χ3n) is 2.96. The summed E-state index contributed by atoms with van der Waals surface area (Å²) in [4.78, 5) is 0. The minimum Gasteiger partial charge on any atom is -0.492 e. The highest BCUT2D eigenvalue weighted by Gasteiger charge is 2.05. The number of halogens is 2. The number of aryl methyl sites for hydroxylation is 1. The van der Waals surface area contributed by atoms with Crippen molar-refractivity contribution in [3.8, 4) is 5.75 Å². The first kappa shape index (κ1) is 14.7. The molecule has 0 aliphatic heterocycles. The van der Waals surface area contributed by atoms with Crippen LogP contribution in [0, 0.1) is 12.7 Å². The van der Waals surface area contributed by atoms with Gasteiger partial charge in [-0.3, -0.25) is 0 Å². The van der Waals surface area contributed by atoms with Crippen molar-refractivity contribution in [1.82, 2.24) is 0 Å². The van der Waals surface area contributed by atoms with E-state index in [1.807, 2.05) is 19.1 Å². The van der Waals surface area contributed by atoms with Crippen molar-refractivity contribution in [3.63, 3.8) is 0 Å². The molecule has 0 bridgehead atoms. The van der Waals surface area contributed by atoms with Crippen molar-refractivity contribution in [3.05, 3.63) is 58.4 Å². The summed E-state index contributed by atoms with van der Waals surface area (Å²) in [6, 6.07) is 10.6. The van der Waals surface area contributed by atoms with Crippen LogP contribution in [0.3, 0.4) is 0 Å². The average Bonchev–Trinajstić information content (AvgIpc) is 2.43. The van der Waals surface area contributed by atoms with Gasteiger partial charge in [-0.15, -0.1) is 0 Å². The van der Waals surface area contributed by atoms with Crippen molar-refractivity contribution in [2.45, 2.75) is 20.4 Å². The number of hydrogen-bond acceptors (Lipinski definition) is 2. The Morgan fingerprint density at radius 3 is 2.70 bits per heavy atom. The van der Waals surface area contributed by atoms with Crippen LogP contribution in [0.25, 0.3) is 0 Å². The van der Waals surface area contributed by atoms with Gasteiger partial charge in [-0.05, 0) is 49.2 Å². The van der Waals surface area contributed by atoms with Gasteiger partial charge in [-0.1, -0.05) is 23.7 Å². The second kappa shape index (κ2) is 6.62. The van der Waals surface area contributed by atoms with E-state index in [4.69, 9.17) is 16.3 Å². The van der Waals surface area contributed by atoms with Crippen LogP contribution in [0.4, 0.5) is 10.1 Å². The van der Waals surface area contributed by atoms with Crippen LogP contribution in [0.15, 0.2) is 36.4 Å². The van der Waals surface area contributed by atoms with Crippen LogP contribution >= 0.6 is 11.6 Å². The molecule has 0 aliphatic rings. The molecule has 2 aromatic rings. The topological polar surface area (TPSA) is 21.3 Å². The summed E-state index contributed by atoms with van der Waals surface area (Å²) in [7, 11) is 0. The summed E-state index contributed by atoms with van der Waals surface area (Å²) in [5.74, 6) is 0.546. The van der Waals surface area contributed by atoms with Gasteiger partial charge in [0.1, 0.15) is 11.6 Å². The quantitative estimate of drug-likeness (QED) is 0.855. The summed E-state index contributed by atoms with van der Waals surface area (Å²) in [5, 5.41) is 3.86. The van der Waals surface area contributed by atoms with Gasteiger partial charge in [0, 0.05) is 11.6 Å². The molecule has 0 unspecified atom stereocenters. The fourth-order valence-electron chi connectivity index (χ4n) is 1.87. The molecule has 0 atom stereocenters. The zero-order valence-corrected chi connectivity index (χ0v) is 12.3. The number of rotatable bonds is 5. The summed E-state index contributed by atoms with van der Waals surface area (Å²) in [5.41, 5.74) is 2.32. The molecule has 2 aromatic carbocycles. The summed E-state index contributed by atoms with van der Waals surface area (Å²) in [6.45, 7) is 4.76. The molecule has 0 aromatic heterocycles. The first-order valence-corrected chi connectivity index (χ1v) is 6.89. The largest absolute Gasteiger partial charge is 0.492 e. The molecule has 0 fully saturated rings. The van der Waals surface area contributed by atoms with Gasteiger partial charge in [-0.2, -0.15) is 0 Å². The predicted molar refractivity (Wildman–Crippen MR) is 81.1 cm³/mol. The molecule has 0 saturated carbocycles. The van der Waals surface area contributed by atoms with Gasteiger partial charge < -0.3 is 10.1 Å². The molecule has 0 saturated heterocycles. The SMILES string of the molecule is CCOc1ccc(Cl)cc1NCc1ccc(C)c(F)c1. The molecule has 20 heavy (non-hydrogen) atoms. The zero-order valence-electron chi connectivity index (χ0n) is 11.5. The van der Waals surface area contributed by atoms with Crippen molar-refractivity contribution in [2.24, 2.45) is 0 Å². The van der Waals surface area contributed by atoms with Gasteiger partial charge in [-0.25, -0.2) is 4.39 Å². The van der Waals surface area contributed by atoms with E-state index < -0.39 is 0 Å². The zero-order chi connectivity index (χ0) is 14.5. The molecule has 0 aliphatic carbocycles. The summed E-state index contributed by atoms with van der Waals surface area (Å²) >= 11 is 5.99. The van der Waals surface area contributed by atoms with E-state index in [0.717, 1.165) is 17.0 Å². The average molecular weight is 294 g/mol. The summed E-state index contributed by atoms with van der Waals surface area (Å²) in [6.07, 6.45) is 0. The van der Waals surface area contributed by atoms with Gasteiger partial charge >= 0.3 is 0 Å². The Morgan fingerprint density at radius 2 is 2.00 bits per heavy atom. The van der Waals surface area contributed by atoms with Gasteiger partial charge in [0.15, 0.2) is 0 Å². The van der Waals surface area contributed by atoms with Gasteiger partial charge in [0.25, 0.3) is 0 Å². The Balaban J connectivity index is 2.13. The molecule has 1 N–H and O–H groups in total. The molecule has 0 heterocycles. The van der Waals surface area contributed by atoms with Crippen LogP contribution in [-0.2, 0) is 6.54 Å². The van der Waals surface area contributed by atoms with Gasteiger partial charge in [0.2, 0.25) is 0 Å². The molecule has 0 spiro atoms. The van der Waals surface area contributed by atoms with E-state index in [-0.39, 0.29) is 5.82 Å². The first-order valence-electron chi connectivity index (χ1n) is 6.51. The smallest absolute Gasteiger partial charge is 0.142 e.